The summed E-state index contributed by atoms with van der Waals surface area (Å²) in [5, 5.41) is 0.527. The second-order valence-corrected chi connectivity index (χ2v) is 11.1. The minimum absolute atomic E-state index is 0.527. The van der Waals surface area contributed by atoms with Crippen LogP contribution in [0.25, 0.3) is 0 Å². The van der Waals surface area contributed by atoms with Crippen LogP contribution in [0.2, 0.25) is 0 Å². The fourth-order valence-electron chi connectivity index (χ4n) is 4.95. The first-order valence-corrected chi connectivity index (χ1v) is 14.5. The maximum Gasteiger partial charge on any atom is -0.0122 e. The van der Waals surface area contributed by atoms with Gasteiger partial charge in [-0.2, -0.15) is 0 Å². The van der Waals surface area contributed by atoms with Crippen LogP contribution in [0.5, 0.6) is 0 Å². The van der Waals surface area contributed by atoms with Gasteiger partial charge >= 0.3 is 0 Å². The van der Waals surface area contributed by atoms with Crippen molar-refractivity contribution in [3.05, 3.63) is 0 Å². The van der Waals surface area contributed by atoms with E-state index in [9.17, 15) is 0 Å². The molecule has 0 rings (SSSR count). The average molecular weight is 427 g/mol. The molecule has 0 nitrogen and oxygen atoms in total. The van der Waals surface area contributed by atoms with Gasteiger partial charge in [-0.1, -0.05) is 143 Å². The zero-order valence-electron chi connectivity index (χ0n) is 21.2. The standard InChI is InChI=1S/C28H59P/c1-5-9-13-14-15-16-17-18-19-20-21-22-24-27(23-10-6-2)28(29,25-11-7-3)26-12-8-4/h27H,5-26,29H2,1-4H3. The van der Waals surface area contributed by atoms with Crippen molar-refractivity contribution in [1.29, 1.82) is 0 Å². The average Bonchev–Trinajstić information content (AvgIpc) is 2.73. The van der Waals surface area contributed by atoms with Crippen LogP contribution in [0.15, 0.2) is 0 Å². The monoisotopic (exact) mass is 426 g/mol. The Labute approximate surface area is 189 Å². The van der Waals surface area contributed by atoms with Gasteiger partial charge < -0.3 is 0 Å². The van der Waals surface area contributed by atoms with E-state index in [1.54, 1.807) is 0 Å². The Morgan fingerprint density at radius 1 is 0.448 bits per heavy atom. The van der Waals surface area contributed by atoms with Gasteiger partial charge in [0.25, 0.3) is 0 Å². The maximum absolute atomic E-state index is 3.39. The summed E-state index contributed by atoms with van der Waals surface area (Å²) in [4.78, 5) is 0. The molecular weight excluding hydrogens is 367 g/mol. The fourth-order valence-corrected chi connectivity index (χ4v) is 5.69. The molecule has 0 heterocycles. The normalized spacial score (nSPS) is 13.1. The van der Waals surface area contributed by atoms with Crippen molar-refractivity contribution < 1.29 is 0 Å². The zero-order chi connectivity index (χ0) is 21.6. The molecule has 0 aromatic rings. The van der Waals surface area contributed by atoms with Crippen LogP contribution in [-0.4, -0.2) is 5.16 Å². The Balaban J connectivity index is 4.08. The quantitative estimate of drug-likeness (QED) is 0.112. The van der Waals surface area contributed by atoms with E-state index in [1.807, 2.05) is 0 Å². The third-order valence-corrected chi connectivity index (χ3v) is 8.17. The van der Waals surface area contributed by atoms with Crippen LogP contribution in [0, 0.1) is 5.92 Å². The third kappa shape index (κ3) is 16.8. The Morgan fingerprint density at radius 3 is 1.21 bits per heavy atom. The van der Waals surface area contributed by atoms with Gasteiger partial charge in [-0.3, -0.25) is 0 Å². The second kappa shape index (κ2) is 21.7. The van der Waals surface area contributed by atoms with E-state index in [2.05, 4.69) is 36.9 Å². The van der Waals surface area contributed by atoms with Gasteiger partial charge in [0, 0.05) is 0 Å². The molecule has 0 amide bonds. The Bertz CT molecular complexity index is 303. The maximum atomic E-state index is 3.39. The summed E-state index contributed by atoms with van der Waals surface area (Å²) in [6, 6.07) is 0. The molecule has 2 atom stereocenters. The first kappa shape index (κ1) is 29.4. The van der Waals surface area contributed by atoms with Gasteiger partial charge in [0.1, 0.15) is 0 Å². The molecule has 0 aromatic heterocycles. The molecule has 0 bridgehead atoms. The highest BCUT2D eigenvalue weighted by Crippen LogP contribution is 2.43. The van der Waals surface area contributed by atoms with E-state index in [0.29, 0.717) is 5.16 Å². The van der Waals surface area contributed by atoms with Crippen molar-refractivity contribution in [2.75, 3.05) is 0 Å². The smallest absolute Gasteiger partial charge is 0.0122 e. The third-order valence-electron chi connectivity index (χ3n) is 7.12. The minimum atomic E-state index is 0.527. The van der Waals surface area contributed by atoms with Crippen molar-refractivity contribution in [2.24, 2.45) is 5.92 Å². The first-order valence-electron chi connectivity index (χ1n) is 13.9. The Kier molecular flexibility index (Phi) is 22.0. The summed E-state index contributed by atoms with van der Waals surface area (Å²) < 4.78 is 0. The molecule has 0 N–H and O–H groups in total. The van der Waals surface area contributed by atoms with E-state index in [-0.39, 0.29) is 0 Å². The van der Waals surface area contributed by atoms with Gasteiger partial charge in [-0.05, 0) is 36.8 Å². The molecule has 0 saturated heterocycles. The molecule has 0 aromatic carbocycles. The summed E-state index contributed by atoms with van der Waals surface area (Å²) >= 11 is 0. The minimum Gasteiger partial charge on any atom is -0.131 e. The van der Waals surface area contributed by atoms with Crippen molar-refractivity contribution in [3.8, 4) is 0 Å². The predicted octanol–water partition coefficient (Wildman–Crippen LogP) is 10.9. The molecule has 176 valence electrons. The summed E-state index contributed by atoms with van der Waals surface area (Å²) in [7, 11) is 3.39. The highest BCUT2D eigenvalue weighted by atomic mass is 31.0. The highest BCUT2D eigenvalue weighted by molar-refractivity contribution is 7.19. The molecule has 2 unspecified atom stereocenters. The molecule has 0 aliphatic rings. The summed E-state index contributed by atoms with van der Waals surface area (Å²) in [6.07, 6.45) is 31.7. The van der Waals surface area contributed by atoms with Crippen LogP contribution < -0.4 is 0 Å². The van der Waals surface area contributed by atoms with Crippen LogP contribution in [-0.2, 0) is 0 Å². The Hall–Kier alpha value is 0.430. The van der Waals surface area contributed by atoms with Crippen molar-refractivity contribution in [1.82, 2.24) is 0 Å². The fraction of sp³-hybridized carbons (Fsp3) is 1.00. The second-order valence-electron chi connectivity index (χ2n) is 9.96. The van der Waals surface area contributed by atoms with Crippen LogP contribution in [0.1, 0.15) is 169 Å². The number of hydrogen-bond acceptors (Lipinski definition) is 0. The molecular formula is C28H59P. The van der Waals surface area contributed by atoms with Crippen molar-refractivity contribution in [2.45, 2.75) is 174 Å². The lowest BCUT2D eigenvalue weighted by atomic mass is 9.77. The van der Waals surface area contributed by atoms with Gasteiger partial charge in [-0.15, -0.1) is 9.24 Å². The van der Waals surface area contributed by atoms with Crippen molar-refractivity contribution >= 4 is 9.24 Å². The summed E-state index contributed by atoms with van der Waals surface area (Å²) in [5.74, 6) is 0.939. The lowest BCUT2D eigenvalue weighted by molar-refractivity contribution is 0.274. The lowest BCUT2D eigenvalue weighted by Crippen LogP contribution is -2.32. The predicted molar refractivity (Wildman–Crippen MR) is 140 cm³/mol. The van der Waals surface area contributed by atoms with Gasteiger partial charge in [0.05, 0.1) is 0 Å². The molecule has 1 heteroatoms. The van der Waals surface area contributed by atoms with E-state index < -0.39 is 0 Å². The molecule has 0 saturated carbocycles. The molecule has 0 aliphatic carbocycles. The molecule has 29 heavy (non-hydrogen) atoms. The first-order chi connectivity index (χ1) is 14.1. The number of rotatable bonds is 23. The van der Waals surface area contributed by atoms with Gasteiger partial charge in [0.2, 0.25) is 0 Å². The number of hydrogen-bond donors (Lipinski definition) is 0. The largest absolute Gasteiger partial charge is 0.131 e. The summed E-state index contributed by atoms with van der Waals surface area (Å²) in [5.41, 5.74) is 0. The highest BCUT2D eigenvalue weighted by Gasteiger charge is 2.32. The van der Waals surface area contributed by atoms with Gasteiger partial charge in [-0.25, -0.2) is 0 Å². The van der Waals surface area contributed by atoms with Crippen LogP contribution in [0.3, 0.4) is 0 Å². The molecule has 0 fully saturated rings. The van der Waals surface area contributed by atoms with E-state index in [1.165, 1.54) is 141 Å². The lowest BCUT2D eigenvalue weighted by Gasteiger charge is -2.39. The molecule has 0 aliphatic heterocycles. The van der Waals surface area contributed by atoms with E-state index >= 15 is 0 Å². The zero-order valence-corrected chi connectivity index (χ0v) is 22.4. The van der Waals surface area contributed by atoms with Gasteiger partial charge in [0.15, 0.2) is 0 Å². The topological polar surface area (TPSA) is 0 Å². The summed E-state index contributed by atoms with van der Waals surface area (Å²) in [6.45, 7) is 9.39. The number of unbranched alkanes of at least 4 members (excludes halogenated alkanes) is 14. The van der Waals surface area contributed by atoms with E-state index in [4.69, 9.17) is 0 Å². The van der Waals surface area contributed by atoms with Crippen LogP contribution in [0.4, 0.5) is 0 Å². The molecule has 0 radical (unpaired) electrons. The molecule has 0 spiro atoms. The SMILES string of the molecule is CCCCCCCCCCCCCCC(CCCC)C(P)(CCCC)CCCC. The van der Waals surface area contributed by atoms with E-state index in [0.717, 1.165) is 5.92 Å². The Morgan fingerprint density at radius 2 is 0.793 bits per heavy atom. The van der Waals surface area contributed by atoms with Crippen LogP contribution >= 0.6 is 9.24 Å². The van der Waals surface area contributed by atoms with Crippen molar-refractivity contribution in [3.63, 3.8) is 0 Å².